The Morgan fingerprint density at radius 3 is 2.52 bits per heavy atom. The molecule has 0 saturated carbocycles. The molecule has 0 amide bonds. The molecule has 0 aliphatic rings. The Labute approximate surface area is 132 Å². The first-order valence-electron chi connectivity index (χ1n) is 6.24. The first kappa shape index (κ1) is 18.6. The average molecular weight is 361 g/mol. The van der Waals surface area contributed by atoms with Gasteiger partial charge in [0.25, 0.3) is 6.43 Å². The molecule has 120 valence electrons. The molecular weight excluding hydrogens is 345 g/mol. The maximum absolute atomic E-state index is 12.1. The Hall–Kier alpha value is -0.470. The van der Waals surface area contributed by atoms with Crippen LogP contribution in [0.5, 0.6) is 0 Å². The summed E-state index contributed by atoms with van der Waals surface area (Å²) in [5, 5.41) is 3.22. The number of halogens is 4. The van der Waals surface area contributed by atoms with E-state index in [1.54, 1.807) is 10.8 Å². The molecule has 0 saturated heterocycles. The van der Waals surface area contributed by atoms with Crippen LogP contribution in [0.25, 0.3) is 0 Å². The summed E-state index contributed by atoms with van der Waals surface area (Å²) in [7, 11) is -4.14. The summed E-state index contributed by atoms with van der Waals surface area (Å²) in [4.78, 5) is -0.300. The predicted molar refractivity (Wildman–Crippen MR) is 79.7 cm³/mol. The molecule has 0 radical (unpaired) electrons. The van der Waals surface area contributed by atoms with Crippen molar-refractivity contribution in [1.82, 2.24) is 10.0 Å². The summed E-state index contributed by atoms with van der Waals surface area (Å²) in [6.07, 6.45) is -1.89. The Balaban J connectivity index is 3.06. The molecular formula is C12H16Cl2F2N2O2S. The van der Waals surface area contributed by atoms with Crippen molar-refractivity contribution in [2.45, 2.75) is 31.2 Å². The third-order valence-corrected chi connectivity index (χ3v) is 4.76. The first-order valence-corrected chi connectivity index (χ1v) is 8.48. The van der Waals surface area contributed by atoms with E-state index in [1.165, 1.54) is 0 Å². The van der Waals surface area contributed by atoms with Crippen LogP contribution in [-0.4, -0.2) is 27.9 Å². The zero-order chi connectivity index (χ0) is 16.0. The molecule has 0 atom stereocenters. The van der Waals surface area contributed by atoms with E-state index in [-0.39, 0.29) is 14.9 Å². The van der Waals surface area contributed by atoms with Gasteiger partial charge in [-0.15, -0.1) is 0 Å². The Morgan fingerprint density at radius 1 is 1.29 bits per heavy atom. The van der Waals surface area contributed by atoms with Gasteiger partial charge in [-0.25, -0.2) is 21.9 Å². The van der Waals surface area contributed by atoms with Crippen molar-refractivity contribution in [2.24, 2.45) is 0 Å². The highest BCUT2D eigenvalue weighted by atomic mass is 35.5. The van der Waals surface area contributed by atoms with Crippen LogP contribution < -0.4 is 10.0 Å². The van der Waals surface area contributed by atoms with Crippen molar-refractivity contribution in [3.05, 3.63) is 27.7 Å². The van der Waals surface area contributed by atoms with E-state index in [4.69, 9.17) is 23.2 Å². The summed E-state index contributed by atoms with van der Waals surface area (Å²) in [5.41, 5.74) is 0.495. The average Bonchev–Trinajstić information content (AvgIpc) is 2.40. The molecule has 2 N–H and O–H groups in total. The van der Waals surface area contributed by atoms with E-state index < -0.39 is 23.0 Å². The lowest BCUT2D eigenvalue weighted by atomic mass is 10.2. The van der Waals surface area contributed by atoms with Gasteiger partial charge in [0.15, 0.2) is 0 Å². The van der Waals surface area contributed by atoms with Crippen molar-refractivity contribution in [3.8, 4) is 0 Å². The summed E-state index contributed by atoms with van der Waals surface area (Å²) in [6.45, 7) is 2.07. The van der Waals surface area contributed by atoms with Gasteiger partial charge >= 0.3 is 0 Å². The summed E-state index contributed by atoms with van der Waals surface area (Å²) >= 11 is 11.9. The van der Waals surface area contributed by atoms with Crippen LogP contribution in [0.3, 0.4) is 0 Å². The van der Waals surface area contributed by atoms with Gasteiger partial charge in [-0.1, -0.05) is 30.1 Å². The van der Waals surface area contributed by atoms with Crippen molar-refractivity contribution < 1.29 is 17.2 Å². The zero-order valence-corrected chi connectivity index (χ0v) is 13.6. The second-order valence-electron chi connectivity index (χ2n) is 4.30. The number of hydrogen-bond acceptors (Lipinski definition) is 3. The van der Waals surface area contributed by atoms with Crippen LogP contribution in [0.1, 0.15) is 18.9 Å². The maximum Gasteiger partial charge on any atom is 0.251 e. The van der Waals surface area contributed by atoms with E-state index in [0.717, 1.165) is 19.0 Å². The van der Waals surface area contributed by atoms with Crippen molar-refractivity contribution in [2.75, 3.05) is 13.1 Å². The minimum atomic E-state index is -4.14. The van der Waals surface area contributed by atoms with Gasteiger partial charge in [-0.05, 0) is 30.7 Å². The summed E-state index contributed by atoms with van der Waals surface area (Å²) in [5.74, 6) is 0. The van der Waals surface area contributed by atoms with Crippen molar-refractivity contribution >= 4 is 33.2 Å². The van der Waals surface area contributed by atoms with Crippen LogP contribution in [-0.2, 0) is 16.6 Å². The van der Waals surface area contributed by atoms with Gasteiger partial charge in [0.05, 0.1) is 11.6 Å². The highest BCUT2D eigenvalue weighted by molar-refractivity contribution is 7.89. The number of benzene rings is 1. The number of nitrogens with one attached hydrogen (secondary N) is 2. The third-order valence-electron chi connectivity index (χ3n) is 2.54. The molecule has 0 aromatic heterocycles. The van der Waals surface area contributed by atoms with Gasteiger partial charge in [-0.3, -0.25) is 0 Å². The molecule has 0 bridgehead atoms. The second-order valence-corrected chi connectivity index (χ2v) is 6.85. The zero-order valence-electron chi connectivity index (χ0n) is 11.3. The van der Waals surface area contributed by atoms with Crippen LogP contribution in [0.15, 0.2) is 17.0 Å². The highest BCUT2D eigenvalue weighted by Gasteiger charge is 2.22. The van der Waals surface area contributed by atoms with Gasteiger partial charge in [0, 0.05) is 11.6 Å². The molecule has 0 unspecified atom stereocenters. The minimum absolute atomic E-state index is 0.0234. The lowest BCUT2D eigenvalue weighted by molar-refractivity contribution is 0.153. The van der Waals surface area contributed by atoms with Gasteiger partial charge in [-0.2, -0.15) is 0 Å². The van der Waals surface area contributed by atoms with Crippen LogP contribution in [0, 0.1) is 0 Å². The fraction of sp³-hybridized carbons (Fsp3) is 0.500. The molecule has 4 nitrogen and oxygen atoms in total. The van der Waals surface area contributed by atoms with Crippen molar-refractivity contribution in [3.63, 3.8) is 0 Å². The second kappa shape index (κ2) is 8.24. The van der Waals surface area contributed by atoms with E-state index in [2.05, 4.69) is 5.32 Å². The molecule has 1 aromatic rings. The maximum atomic E-state index is 12.1. The lowest BCUT2D eigenvalue weighted by Gasteiger charge is -2.13. The van der Waals surface area contributed by atoms with Crippen molar-refractivity contribution in [1.29, 1.82) is 0 Å². The molecule has 0 aliphatic heterocycles. The predicted octanol–water partition coefficient (Wildman–Crippen LogP) is 3.04. The minimum Gasteiger partial charge on any atom is -0.313 e. The normalized spacial score (nSPS) is 12.1. The Morgan fingerprint density at radius 2 is 1.95 bits per heavy atom. The van der Waals surface area contributed by atoms with Gasteiger partial charge in [0.1, 0.15) is 4.90 Å². The molecule has 1 aromatic carbocycles. The summed E-state index contributed by atoms with van der Waals surface area (Å²) in [6, 6.07) is 2.68. The van der Waals surface area contributed by atoms with E-state index >= 15 is 0 Å². The lowest BCUT2D eigenvalue weighted by Crippen LogP contribution is -2.29. The monoisotopic (exact) mass is 360 g/mol. The molecule has 0 spiro atoms. The largest absolute Gasteiger partial charge is 0.313 e. The fourth-order valence-electron chi connectivity index (χ4n) is 1.59. The number of hydrogen-bond donors (Lipinski definition) is 2. The summed E-state index contributed by atoms with van der Waals surface area (Å²) < 4.78 is 50.1. The molecule has 0 aliphatic carbocycles. The highest BCUT2D eigenvalue weighted by Crippen LogP contribution is 2.29. The third kappa shape index (κ3) is 5.67. The number of rotatable bonds is 8. The van der Waals surface area contributed by atoms with E-state index in [0.29, 0.717) is 12.1 Å². The smallest absolute Gasteiger partial charge is 0.251 e. The van der Waals surface area contributed by atoms with Gasteiger partial charge in [0.2, 0.25) is 10.0 Å². The number of sulfonamides is 1. The molecule has 21 heavy (non-hydrogen) atoms. The van der Waals surface area contributed by atoms with Crippen LogP contribution in [0.4, 0.5) is 8.78 Å². The first-order chi connectivity index (χ1) is 9.77. The standard InChI is InChI=1S/C12H16Cl2F2N2O2S/c1-2-3-17-6-8-4-9(13)5-10(12(8)14)21(19,20)18-7-11(15)16/h4-5,11,17-18H,2-3,6-7H2,1H3. The quantitative estimate of drug-likeness (QED) is 0.700. The van der Waals surface area contributed by atoms with E-state index in [9.17, 15) is 17.2 Å². The molecule has 9 heteroatoms. The van der Waals surface area contributed by atoms with Gasteiger partial charge < -0.3 is 5.32 Å². The molecule has 0 fully saturated rings. The Kier molecular flexibility index (Phi) is 7.29. The Bertz CT molecular complexity index is 583. The fourth-order valence-corrected chi connectivity index (χ4v) is 3.53. The topological polar surface area (TPSA) is 58.2 Å². The van der Waals surface area contributed by atoms with Crippen LogP contribution in [0.2, 0.25) is 10.0 Å². The molecule has 0 heterocycles. The van der Waals surface area contributed by atoms with E-state index in [1.807, 2.05) is 6.92 Å². The number of alkyl halides is 2. The molecule has 1 rings (SSSR count). The SMILES string of the molecule is CCCNCc1cc(Cl)cc(S(=O)(=O)NCC(F)F)c1Cl. The van der Waals surface area contributed by atoms with Crippen LogP contribution >= 0.6 is 23.2 Å².